The molecule has 0 bridgehead atoms. The number of para-hydroxylation sites is 1. The maximum Gasteiger partial charge on any atom is 0.199 e. The molecule has 7 heteroatoms. The maximum atomic E-state index is 8.47. The second-order valence-corrected chi connectivity index (χ2v) is 13.4. The number of aromatic nitrogens is 6. The molecule has 7 nitrogen and oxygen atoms in total. The molecule has 0 saturated carbocycles. The van der Waals surface area contributed by atoms with E-state index in [1.807, 2.05) is 164 Å². The van der Waals surface area contributed by atoms with Crippen LogP contribution >= 0.6 is 0 Å². The van der Waals surface area contributed by atoms with Gasteiger partial charge in [-0.25, -0.2) is 34.7 Å². The van der Waals surface area contributed by atoms with E-state index in [9.17, 15) is 0 Å². The first-order valence-electron chi connectivity index (χ1n) is 18.2. The molecule has 10 rings (SSSR count). The molecule has 56 heavy (non-hydrogen) atoms. The second-order valence-electron chi connectivity index (χ2n) is 13.4. The molecule has 0 aliphatic rings. The van der Waals surface area contributed by atoms with Crippen molar-refractivity contribution in [2.45, 2.75) is 0 Å². The van der Waals surface area contributed by atoms with Gasteiger partial charge in [0, 0.05) is 49.5 Å². The fraction of sp³-hybridized carbons (Fsp3) is 0. The third kappa shape index (κ3) is 5.79. The Morgan fingerprint density at radius 1 is 0.339 bits per heavy atom. The smallest absolute Gasteiger partial charge is 0.199 e. The molecule has 0 aliphatic carbocycles. The summed E-state index contributed by atoms with van der Waals surface area (Å²) in [6, 6.07) is 58.0. The highest BCUT2D eigenvalue weighted by atomic mass is 15.0. The van der Waals surface area contributed by atoms with E-state index in [0.717, 1.165) is 66.4 Å². The van der Waals surface area contributed by atoms with Crippen molar-refractivity contribution in [3.05, 3.63) is 187 Å². The normalized spacial score (nSPS) is 11.2. The van der Waals surface area contributed by atoms with Gasteiger partial charge >= 0.3 is 0 Å². The Labute approximate surface area is 322 Å². The Balaban J connectivity index is 1.24. The zero-order valence-electron chi connectivity index (χ0n) is 29.9. The number of benzene rings is 7. The molecule has 0 saturated heterocycles. The Bertz CT molecular complexity index is 3070. The van der Waals surface area contributed by atoms with Crippen LogP contribution in [-0.4, -0.2) is 29.9 Å². The predicted molar refractivity (Wildman–Crippen MR) is 225 cm³/mol. The summed E-state index contributed by atoms with van der Waals surface area (Å²) in [5, 5.41) is 2.45. The first kappa shape index (κ1) is 32.7. The van der Waals surface area contributed by atoms with Gasteiger partial charge < -0.3 is 0 Å². The topological polar surface area (TPSA) is 81.7 Å². The third-order valence-electron chi connectivity index (χ3n) is 9.89. The lowest BCUT2D eigenvalue weighted by atomic mass is 9.95. The van der Waals surface area contributed by atoms with Crippen LogP contribution in [0.1, 0.15) is 0 Å². The van der Waals surface area contributed by atoms with Crippen LogP contribution < -0.4 is 0 Å². The monoisotopic (exact) mass is 715 g/mol. The highest BCUT2D eigenvalue weighted by molar-refractivity contribution is 6.25. The van der Waals surface area contributed by atoms with E-state index in [4.69, 9.17) is 36.5 Å². The van der Waals surface area contributed by atoms with Crippen molar-refractivity contribution in [1.82, 2.24) is 29.9 Å². The van der Waals surface area contributed by atoms with Crippen LogP contribution in [0.25, 0.3) is 105 Å². The molecule has 0 unspecified atom stereocenters. The molecule has 10 aromatic rings. The quantitative estimate of drug-likeness (QED) is 0.126. The molecule has 3 aromatic heterocycles. The van der Waals surface area contributed by atoms with E-state index < -0.39 is 0 Å². The molecule has 0 fully saturated rings. The molecule has 0 atom stereocenters. The molecule has 7 aromatic carbocycles. The molecular formula is C49H29N7. The lowest BCUT2D eigenvalue weighted by Gasteiger charge is -2.16. The van der Waals surface area contributed by atoms with Gasteiger partial charge in [-0.3, -0.25) is 0 Å². The third-order valence-corrected chi connectivity index (χ3v) is 9.89. The fourth-order valence-electron chi connectivity index (χ4n) is 7.28. The number of hydrogen-bond acceptors (Lipinski definition) is 6. The van der Waals surface area contributed by atoms with Gasteiger partial charge in [0.1, 0.15) is 0 Å². The predicted octanol–water partition coefficient (Wildman–Crippen LogP) is 12.1. The first-order chi connectivity index (χ1) is 27.7. The van der Waals surface area contributed by atoms with Crippen LogP contribution in [0.5, 0.6) is 0 Å². The molecule has 0 amide bonds. The van der Waals surface area contributed by atoms with Crippen molar-refractivity contribution in [2.24, 2.45) is 0 Å². The molecule has 0 aliphatic heterocycles. The van der Waals surface area contributed by atoms with Crippen LogP contribution in [0.2, 0.25) is 0 Å². The Morgan fingerprint density at radius 2 is 0.804 bits per heavy atom. The number of hydrogen-bond donors (Lipinski definition) is 0. The van der Waals surface area contributed by atoms with Crippen molar-refractivity contribution in [3.8, 4) is 67.9 Å². The van der Waals surface area contributed by atoms with Gasteiger partial charge in [0.15, 0.2) is 23.2 Å². The van der Waals surface area contributed by atoms with Crippen molar-refractivity contribution in [2.75, 3.05) is 0 Å². The molecule has 3 heterocycles. The van der Waals surface area contributed by atoms with Gasteiger partial charge in [0.2, 0.25) is 0 Å². The van der Waals surface area contributed by atoms with Crippen molar-refractivity contribution >= 4 is 38.4 Å². The van der Waals surface area contributed by atoms with Crippen molar-refractivity contribution in [3.63, 3.8) is 0 Å². The summed E-state index contributed by atoms with van der Waals surface area (Å²) in [6.45, 7) is 8.47. The van der Waals surface area contributed by atoms with Gasteiger partial charge in [0.25, 0.3) is 0 Å². The van der Waals surface area contributed by atoms with E-state index in [0.29, 0.717) is 39.9 Å². The average Bonchev–Trinajstić information content (AvgIpc) is 3.29. The highest BCUT2D eigenvalue weighted by Crippen LogP contribution is 2.44. The molecule has 0 N–H and O–H groups in total. The van der Waals surface area contributed by atoms with Gasteiger partial charge in [0.05, 0.1) is 40.2 Å². The number of rotatable bonds is 6. The molecule has 0 spiro atoms. The number of nitrogens with zero attached hydrogens (tertiary/aromatic N) is 7. The Kier molecular flexibility index (Phi) is 8.05. The van der Waals surface area contributed by atoms with E-state index in [2.05, 4.69) is 17.0 Å². The Hall–Kier alpha value is -7.95. The van der Waals surface area contributed by atoms with Gasteiger partial charge in [-0.1, -0.05) is 158 Å². The van der Waals surface area contributed by atoms with E-state index >= 15 is 0 Å². The summed E-state index contributed by atoms with van der Waals surface area (Å²) in [7, 11) is 0. The van der Waals surface area contributed by atoms with Crippen LogP contribution in [0, 0.1) is 6.57 Å². The zero-order valence-corrected chi connectivity index (χ0v) is 29.9. The number of pyridine rings is 1. The van der Waals surface area contributed by atoms with Gasteiger partial charge in [-0.15, -0.1) is 0 Å². The minimum absolute atomic E-state index is 0.449. The van der Waals surface area contributed by atoms with Crippen molar-refractivity contribution < 1.29 is 0 Å². The summed E-state index contributed by atoms with van der Waals surface area (Å²) < 4.78 is 0. The molecular weight excluding hydrogens is 687 g/mol. The van der Waals surface area contributed by atoms with E-state index in [-0.39, 0.29) is 0 Å². The van der Waals surface area contributed by atoms with E-state index in [1.54, 1.807) is 0 Å². The van der Waals surface area contributed by atoms with Gasteiger partial charge in [-0.05, 0) is 18.2 Å². The van der Waals surface area contributed by atoms with Gasteiger partial charge in [-0.2, -0.15) is 0 Å². The minimum Gasteiger partial charge on any atom is -0.248 e. The van der Waals surface area contributed by atoms with E-state index in [1.165, 1.54) is 0 Å². The molecule has 0 radical (unpaired) electrons. The zero-order chi connectivity index (χ0) is 37.4. The summed E-state index contributed by atoms with van der Waals surface area (Å²) in [6.07, 6.45) is 0. The SMILES string of the molecule is [C-]#[N+]c1cc2nc(-c3ccccc3)c(-c3ccccc3)nc2c2c1c(-c1cccc(-c3nc(-c4ccccc4)nc(-c4ccccc4)n3)c1)nc1ccccc12. The summed E-state index contributed by atoms with van der Waals surface area (Å²) in [5.74, 6) is 1.70. The lowest BCUT2D eigenvalue weighted by Crippen LogP contribution is -2.00. The summed E-state index contributed by atoms with van der Waals surface area (Å²) in [4.78, 5) is 34.9. The van der Waals surface area contributed by atoms with Crippen LogP contribution in [0.3, 0.4) is 0 Å². The summed E-state index contributed by atoms with van der Waals surface area (Å²) in [5.41, 5.74) is 10.1. The maximum absolute atomic E-state index is 8.47. The van der Waals surface area contributed by atoms with Crippen LogP contribution in [0.15, 0.2) is 176 Å². The largest absolute Gasteiger partial charge is 0.248 e. The molecule has 260 valence electrons. The van der Waals surface area contributed by atoms with Crippen LogP contribution in [-0.2, 0) is 0 Å². The fourth-order valence-corrected chi connectivity index (χ4v) is 7.28. The Morgan fingerprint density at radius 3 is 1.39 bits per heavy atom. The lowest BCUT2D eigenvalue weighted by molar-refractivity contribution is 1.07. The standard InChI is InChI=1S/C49H29N7/c1-50-39-30-40-46(53-45(32-19-8-3-9-20-32)44(52-40)31-17-6-2-7-18-31)41-37-27-14-15-28-38(37)51-43(42(39)41)35-25-16-26-36(29-35)49-55-47(33-21-10-4-11-22-33)54-48(56-49)34-23-12-5-13-24-34/h2-30H. The van der Waals surface area contributed by atoms with Crippen LogP contribution in [0.4, 0.5) is 5.69 Å². The minimum atomic E-state index is 0.449. The van der Waals surface area contributed by atoms with Crippen molar-refractivity contribution in [1.29, 1.82) is 0 Å². The second kappa shape index (κ2) is 13.8. The number of fused-ring (bicyclic) bond motifs is 5. The first-order valence-corrected chi connectivity index (χ1v) is 18.2. The average molecular weight is 716 g/mol. The summed E-state index contributed by atoms with van der Waals surface area (Å²) >= 11 is 0. The highest BCUT2D eigenvalue weighted by Gasteiger charge is 2.22.